The molecule has 1 heterocycles. The number of aryl methyl sites for hydroxylation is 1. The maximum absolute atomic E-state index is 12.4. The second-order valence-corrected chi connectivity index (χ2v) is 6.23. The van der Waals surface area contributed by atoms with Gasteiger partial charge in [-0.25, -0.2) is 21.9 Å². The van der Waals surface area contributed by atoms with E-state index in [4.69, 9.17) is 11.6 Å². The number of halogens is 4. The van der Waals surface area contributed by atoms with E-state index in [2.05, 4.69) is 26.2 Å². The number of sulfonamides is 1. The van der Waals surface area contributed by atoms with Crippen molar-refractivity contribution in [2.75, 3.05) is 19.0 Å². The zero-order chi connectivity index (χ0) is 13.9. The lowest BCUT2D eigenvalue weighted by Gasteiger charge is -2.20. The summed E-state index contributed by atoms with van der Waals surface area (Å²) < 4.78 is 50.7. The lowest BCUT2D eigenvalue weighted by Crippen LogP contribution is -2.37. The van der Waals surface area contributed by atoms with Crippen molar-refractivity contribution in [3.8, 4) is 0 Å². The highest BCUT2D eigenvalue weighted by atomic mass is 79.9. The summed E-state index contributed by atoms with van der Waals surface area (Å²) in [5.74, 6) is -0.0884. The van der Waals surface area contributed by atoms with E-state index in [1.54, 1.807) is 0 Å². The Labute approximate surface area is 116 Å². The molecule has 1 aromatic rings. The largest absolute Gasteiger partial charge is 0.263 e. The van der Waals surface area contributed by atoms with E-state index in [0.29, 0.717) is 4.31 Å². The third kappa shape index (κ3) is 3.37. The summed E-state index contributed by atoms with van der Waals surface area (Å²) in [6.45, 7) is -1.14. The van der Waals surface area contributed by atoms with Crippen LogP contribution in [0.15, 0.2) is 9.63 Å². The van der Waals surface area contributed by atoms with Gasteiger partial charge in [-0.2, -0.15) is 4.31 Å². The summed E-state index contributed by atoms with van der Waals surface area (Å²) in [5, 5.41) is 6.72. The molecule has 0 unspecified atom stereocenters. The fourth-order valence-electron chi connectivity index (χ4n) is 1.28. The van der Waals surface area contributed by atoms with E-state index < -0.39 is 23.0 Å². The maximum Gasteiger partial charge on any atom is 0.263 e. The third-order valence-electron chi connectivity index (χ3n) is 2.00. The van der Waals surface area contributed by atoms with Gasteiger partial charge in [0, 0.05) is 19.5 Å². The molecule has 0 aliphatic heterocycles. The minimum Gasteiger partial charge on any atom is -0.235 e. The van der Waals surface area contributed by atoms with Crippen LogP contribution in [0.1, 0.15) is 0 Å². The molecule has 18 heavy (non-hydrogen) atoms. The normalized spacial score (nSPS) is 12.6. The Bertz CT molecular complexity index is 490. The van der Waals surface area contributed by atoms with Gasteiger partial charge in [0.25, 0.3) is 16.4 Å². The van der Waals surface area contributed by atoms with Crippen LogP contribution in [0.4, 0.5) is 8.78 Å². The van der Waals surface area contributed by atoms with Crippen LogP contribution >= 0.6 is 27.5 Å². The first kappa shape index (κ1) is 15.7. The molecule has 1 aromatic heterocycles. The second kappa shape index (κ2) is 6.22. The van der Waals surface area contributed by atoms with Gasteiger partial charge in [-0.15, -0.1) is 16.7 Å². The third-order valence-corrected chi connectivity index (χ3v) is 4.92. The first-order valence-electron chi connectivity index (χ1n) is 4.70. The highest BCUT2D eigenvalue weighted by Crippen LogP contribution is 2.22. The van der Waals surface area contributed by atoms with E-state index in [-0.39, 0.29) is 22.1 Å². The Morgan fingerprint density at radius 2 is 2.17 bits per heavy atom. The van der Waals surface area contributed by atoms with E-state index in [0.717, 1.165) is 4.68 Å². The molecular weight excluding hydrogens is 358 g/mol. The molecule has 0 N–H and O–H groups in total. The van der Waals surface area contributed by atoms with Crippen molar-refractivity contribution >= 4 is 37.6 Å². The van der Waals surface area contributed by atoms with Gasteiger partial charge in [0.1, 0.15) is 0 Å². The first-order chi connectivity index (χ1) is 8.30. The number of hydrogen-bond donors (Lipinski definition) is 0. The van der Waals surface area contributed by atoms with Gasteiger partial charge in [-0.05, 0) is 15.9 Å². The minimum atomic E-state index is -4.12. The van der Waals surface area contributed by atoms with Crippen molar-refractivity contribution < 1.29 is 17.2 Å². The van der Waals surface area contributed by atoms with Gasteiger partial charge in [-0.3, -0.25) is 0 Å². The fourth-order valence-corrected chi connectivity index (χ4v) is 4.03. The van der Waals surface area contributed by atoms with Crippen LogP contribution in [0.25, 0.3) is 0 Å². The molecule has 0 aromatic carbocycles. The SMILES string of the molecule is Cn1nnc(Br)c1S(=O)(=O)N(CCCl)CC(F)F. The monoisotopic (exact) mass is 366 g/mol. The van der Waals surface area contributed by atoms with E-state index in [1.165, 1.54) is 7.05 Å². The molecular formula is C7H10BrClF2N4O2S. The molecule has 0 aliphatic rings. The Morgan fingerprint density at radius 1 is 1.56 bits per heavy atom. The molecule has 0 radical (unpaired) electrons. The van der Waals surface area contributed by atoms with Gasteiger partial charge in [0.05, 0.1) is 6.54 Å². The number of hydrogen-bond acceptors (Lipinski definition) is 4. The Balaban J connectivity index is 3.17. The topological polar surface area (TPSA) is 68.1 Å². The van der Waals surface area contributed by atoms with Crippen LogP contribution in [0, 0.1) is 0 Å². The number of rotatable bonds is 6. The number of nitrogens with zero attached hydrogens (tertiary/aromatic N) is 4. The molecule has 0 amide bonds. The Kier molecular flexibility index (Phi) is 5.44. The molecule has 0 bridgehead atoms. The maximum atomic E-state index is 12.4. The van der Waals surface area contributed by atoms with Gasteiger partial charge in [-0.1, -0.05) is 5.21 Å². The van der Waals surface area contributed by atoms with Crippen molar-refractivity contribution in [3.63, 3.8) is 0 Å². The summed E-state index contributed by atoms with van der Waals surface area (Å²) in [6, 6.07) is 0. The summed E-state index contributed by atoms with van der Waals surface area (Å²) in [7, 11) is -2.76. The van der Waals surface area contributed by atoms with Crippen LogP contribution in [0.5, 0.6) is 0 Å². The summed E-state index contributed by atoms with van der Waals surface area (Å²) in [6.07, 6.45) is -2.79. The summed E-state index contributed by atoms with van der Waals surface area (Å²) in [5.41, 5.74) is 0. The zero-order valence-corrected chi connectivity index (χ0v) is 12.4. The molecule has 0 spiro atoms. The lowest BCUT2D eigenvalue weighted by molar-refractivity contribution is 0.121. The van der Waals surface area contributed by atoms with E-state index >= 15 is 0 Å². The molecule has 104 valence electrons. The highest BCUT2D eigenvalue weighted by Gasteiger charge is 2.32. The van der Waals surface area contributed by atoms with E-state index in [9.17, 15) is 17.2 Å². The van der Waals surface area contributed by atoms with Crippen molar-refractivity contribution in [2.24, 2.45) is 7.05 Å². The van der Waals surface area contributed by atoms with Crippen molar-refractivity contribution in [3.05, 3.63) is 4.60 Å². The average molecular weight is 368 g/mol. The summed E-state index contributed by atoms with van der Waals surface area (Å²) >= 11 is 8.34. The molecule has 6 nitrogen and oxygen atoms in total. The van der Waals surface area contributed by atoms with Crippen LogP contribution in [0.3, 0.4) is 0 Å². The minimum absolute atomic E-state index is 0.0289. The van der Waals surface area contributed by atoms with Crippen molar-refractivity contribution in [1.82, 2.24) is 19.3 Å². The van der Waals surface area contributed by atoms with Crippen molar-refractivity contribution in [1.29, 1.82) is 0 Å². The Morgan fingerprint density at radius 3 is 2.56 bits per heavy atom. The fraction of sp³-hybridized carbons (Fsp3) is 0.714. The van der Waals surface area contributed by atoms with Gasteiger partial charge < -0.3 is 0 Å². The van der Waals surface area contributed by atoms with Crippen LogP contribution < -0.4 is 0 Å². The Hall–Kier alpha value is -0.320. The number of alkyl halides is 3. The van der Waals surface area contributed by atoms with Crippen molar-refractivity contribution in [2.45, 2.75) is 11.5 Å². The molecule has 11 heteroatoms. The van der Waals surface area contributed by atoms with Gasteiger partial charge in [0.2, 0.25) is 5.03 Å². The zero-order valence-electron chi connectivity index (χ0n) is 9.22. The van der Waals surface area contributed by atoms with Crippen LogP contribution in [-0.4, -0.2) is 53.1 Å². The van der Waals surface area contributed by atoms with Crippen LogP contribution in [0.2, 0.25) is 0 Å². The lowest BCUT2D eigenvalue weighted by atomic mass is 10.6. The molecule has 0 saturated heterocycles. The summed E-state index contributed by atoms with van der Waals surface area (Å²) in [4.78, 5) is 0. The average Bonchev–Trinajstić information content (AvgIpc) is 2.57. The standard InChI is InChI=1S/C7H10BrClF2N4O2S/c1-14-7(6(8)12-13-14)18(16,17)15(3-2-9)4-5(10)11/h5H,2-4H2,1H3. The molecule has 0 atom stereocenters. The molecule has 0 aliphatic carbocycles. The van der Waals surface area contributed by atoms with Gasteiger partial charge >= 0.3 is 0 Å². The smallest absolute Gasteiger partial charge is 0.235 e. The van der Waals surface area contributed by atoms with Crippen LogP contribution in [-0.2, 0) is 17.1 Å². The highest BCUT2D eigenvalue weighted by molar-refractivity contribution is 9.10. The molecule has 0 saturated carbocycles. The first-order valence-corrected chi connectivity index (χ1v) is 7.47. The van der Waals surface area contributed by atoms with E-state index in [1.807, 2.05) is 0 Å². The molecule has 1 rings (SSSR count). The predicted octanol–water partition coefficient (Wildman–Crippen LogP) is 1.07. The number of aromatic nitrogens is 3. The second-order valence-electron chi connectivity index (χ2n) is 3.25. The quantitative estimate of drug-likeness (QED) is 0.706. The predicted molar refractivity (Wildman–Crippen MR) is 64.2 cm³/mol. The van der Waals surface area contributed by atoms with Gasteiger partial charge in [0.15, 0.2) is 4.60 Å². The molecule has 0 fully saturated rings.